The van der Waals surface area contributed by atoms with E-state index >= 15 is 0 Å². The van der Waals surface area contributed by atoms with Gasteiger partial charge in [-0.05, 0) is 48.4 Å². The number of halogens is 1. The summed E-state index contributed by atoms with van der Waals surface area (Å²) in [6.07, 6.45) is 6.26. The average molecular weight is 353 g/mol. The van der Waals surface area contributed by atoms with E-state index in [1.807, 2.05) is 30.5 Å². The summed E-state index contributed by atoms with van der Waals surface area (Å²) in [5, 5.41) is 1.99. The van der Waals surface area contributed by atoms with Gasteiger partial charge >= 0.3 is 0 Å². The van der Waals surface area contributed by atoms with E-state index in [2.05, 4.69) is 22.0 Å². The fourth-order valence-corrected chi connectivity index (χ4v) is 4.06. The summed E-state index contributed by atoms with van der Waals surface area (Å²) in [6.45, 7) is 1.71. The predicted molar refractivity (Wildman–Crippen MR) is 96.7 cm³/mol. The highest BCUT2D eigenvalue weighted by atomic mass is 35.5. The second kappa shape index (κ2) is 5.83. The highest BCUT2D eigenvalue weighted by Crippen LogP contribution is 2.39. The zero-order valence-corrected chi connectivity index (χ0v) is 14.3. The van der Waals surface area contributed by atoms with Crippen molar-refractivity contribution in [2.24, 2.45) is 0 Å². The van der Waals surface area contributed by atoms with Gasteiger partial charge in [0, 0.05) is 33.7 Å². The first-order valence-electron chi connectivity index (χ1n) is 8.38. The number of rotatable bonds is 3. The van der Waals surface area contributed by atoms with Crippen molar-refractivity contribution in [2.45, 2.75) is 19.0 Å². The van der Waals surface area contributed by atoms with Crippen LogP contribution in [0, 0.1) is 0 Å². The van der Waals surface area contributed by atoms with Crippen LogP contribution in [0.15, 0.2) is 64.0 Å². The molecule has 0 aliphatic carbocycles. The number of hydrogen-bond donors (Lipinski definition) is 1. The SMILES string of the molecule is Clc1ccc2[nH]c3c(c2c1)CCN(Cc1ccco1)C3c1ccoc1. The molecule has 5 heteroatoms. The molecule has 4 heterocycles. The Morgan fingerprint density at radius 1 is 1.20 bits per heavy atom. The molecule has 1 atom stereocenters. The molecular formula is C20H17ClN2O2. The van der Waals surface area contributed by atoms with E-state index in [4.69, 9.17) is 20.4 Å². The Kier molecular flexibility index (Phi) is 3.47. The van der Waals surface area contributed by atoms with Crippen LogP contribution in [0.1, 0.15) is 28.6 Å². The van der Waals surface area contributed by atoms with Gasteiger partial charge in [0.2, 0.25) is 0 Å². The molecule has 0 spiro atoms. The molecule has 25 heavy (non-hydrogen) atoms. The van der Waals surface area contributed by atoms with Gasteiger partial charge in [-0.1, -0.05) is 11.6 Å². The number of H-pyrrole nitrogens is 1. The largest absolute Gasteiger partial charge is 0.472 e. The fraction of sp³-hybridized carbons (Fsp3) is 0.200. The molecule has 0 radical (unpaired) electrons. The topological polar surface area (TPSA) is 45.3 Å². The lowest BCUT2D eigenvalue weighted by molar-refractivity contribution is 0.186. The number of aromatic nitrogens is 1. The van der Waals surface area contributed by atoms with Crippen LogP contribution < -0.4 is 0 Å². The van der Waals surface area contributed by atoms with Crippen molar-refractivity contribution < 1.29 is 8.83 Å². The molecule has 1 aliphatic heterocycles. The number of aromatic amines is 1. The van der Waals surface area contributed by atoms with Crippen molar-refractivity contribution in [2.75, 3.05) is 6.54 Å². The van der Waals surface area contributed by atoms with E-state index in [9.17, 15) is 0 Å². The van der Waals surface area contributed by atoms with E-state index in [-0.39, 0.29) is 6.04 Å². The van der Waals surface area contributed by atoms with Gasteiger partial charge < -0.3 is 13.8 Å². The normalized spacial score (nSPS) is 17.9. The molecule has 5 rings (SSSR count). The van der Waals surface area contributed by atoms with Gasteiger partial charge in [-0.25, -0.2) is 0 Å². The number of hydrogen-bond acceptors (Lipinski definition) is 3. The third-order valence-electron chi connectivity index (χ3n) is 4.99. The Morgan fingerprint density at radius 2 is 2.16 bits per heavy atom. The van der Waals surface area contributed by atoms with Crippen LogP contribution in [0.4, 0.5) is 0 Å². The highest BCUT2D eigenvalue weighted by molar-refractivity contribution is 6.31. The van der Waals surface area contributed by atoms with Crippen LogP contribution in [-0.2, 0) is 13.0 Å². The van der Waals surface area contributed by atoms with Crippen molar-refractivity contribution in [3.63, 3.8) is 0 Å². The molecule has 1 aliphatic rings. The van der Waals surface area contributed by atoms with Crippen LogP contribution in [0.2, 0.25) is 5.02 Å². The Morgan fingerprint density at radius 3 is 2.96 bits per heavy atom. The summed E-state index contributed by atoms with van der Waals surface area (Å²) in [6, 6.07) is 12.1. The maximum absolute atomic E-state index is 6.23. The molecule has 0 saturated heterocycles. The van der Waals surface area contributed by atoms with E-state index in [1.54, 1.807) is 12.5 Å². The second-order valence-electron chi connectivity index (χ2n) is 6.47. The van der Waals surface area contributed by atoms with Gasteiger partial charge in [-0.3, -0.25) is 4.90 Å². The summed E-state index contributed by atoms with van der Waals surface area (Å²) in [7, 11) is 0. The quantitative estimate of drug-likeness (QED) is 0.554. The molecule has 0 fully saturated rings. The molecule has 4 nitrogen and oxygen atoms in total. The molecule has 1 N–H and O–H groups in total. The van der Waals surface area contributed by atoms with Gasteiger partial charge in [0.1, 0.15) is 5.76 Å². The average Bonchev–Trinajstić information content (AvgIpc) is 3.35. The molecule has 0 bridgehead atoms. The van der Waals surface area contributed by atoms with Gasteiger partial charge in [-0.15, -0.1) is 0 Å². The van der Waals surface area contributed by atoms with Crippen LogP contribution in [0.25, 0.3) is 10.9 Å². The summed E-state index contributed by atoms with van der Waals surface area (Å²) in [5.74, 6) is 0.969. The first-order chi connectivity index (χ1) is 12.3. The third kappa shape index (κ3) is 2.49. The molecule has 0 amide bonds. The zero-order valence-electron chi connectivity index (χ0n) is 13.5. The Balaban J connectivity index is 1.64. The smallest absolute Gasteiger partial charge is 0.117 e. The molecule has 4 aromatic rings. The molecule has 0 saturated carbocycles. The molecule has 1 aromatic carbocycles. The summed E-state index contributed by atoms with van der Waals surface area (Å²) in [4.78, 5) is 6.04. The lowest BCUT2D eigenvalue weighted by atomic mass is 9.93. The minimum atomic E-state index is 0.110. The molecular weight excluding hydrogens is 336 g/mol. The van der Waals surface area contributed by atoms with Crippen molar-refractivity contribution in [1.82, 2.24) is 9.88 Å². The molecule has 1 unspecified atom stereocenters. The van der Waals surface area contributed by atoms with Gasteiger partial charge in [-0.2, -0.15) is 0 Å². The molecule has 126 valence electrons. The maximum Gasteiger partial charge on any atom is 0.117 e. The predicted octanol–water partition coefficient (Wildman–Crippen LogP) is 5.16. The van der Waals surface area contributed by atoms with Crippen molar-refractivity contribution in [1.29, 1.82) is 0 Å². The number of nitrogens with zero attached hydrogens (tertiary/aromatic N) is 1. The number of benzene rings is 1. The summed E-state index contributed by atoms with van der Waals surface area (Å²) >= 11 is 6.23. The first kappa shape index (κ1) is 14.9. The Bertz CT molecular complexity index is 1000. The standard InChI is InChI=1S/C20H17ClN2O2/c21-14-3-4-18-17(10-14)16-5-7-23(11-15-2-1-8-25-15)20(19(16)22-18)13-6-9-24-12-13/h1-4,6,8-10,12,20,22H,5,7,11H2. The second-order valence-corrected chi connectivity index (χ2v) is 6.90. The minimum Gasteiger partial charge on any atom is -0.472 e. The fourth-order valence-electron chi connectivity index (χ4n) is 3.89. The van der Waals surface area contributed by atoms with Gasteiger partial charge in [0.25, 0.3) is 0 Å². The van der Waals surface area contributed by atoms with E-state index in [0.29, 0.717) is 0 Å². The van der Waals surface area contributed by atoms with Crippen molar-refractivity contribution in [3.8, 4) is 0 Å². The third-order valence-corrected chi connectivity index (χ3v) is 5.22. The Labute approximate surface area is 150 Å². The number of nitrogens with one attached hydrogen (secondary N) is 1. The number of furan rings is 2. The summed E-state index contributed by atoms with van der Waals surface area (Å²) < 4.78 is 10.9. The van der Waals surface area contributed by atoms with Gasteiger partial charge in [0.05, 0.1) is 31.4 Å². The first-order valence-corrected chi connectivity index (χ1v) is 8.76. The van der Waals surface area contributed by atoms with Gasteiger partial charge in [0.15, 0.2) is 0 Å². The Hall–Kier alpha value is -2.43. The van der Waals surface area contributed by atoms with Crippen LogP contribution in [0.3, 0.4) is 0 Å². The highest BCUT2D eigenvalue weighted by Gasteiger charge is 2.32. The van der Waals surface area contributed by atoms with Crippen molar-refractivity contribution in [3.05, 3.63) is 82.8 Å². The van der Waals surface area contributed by atoms with E-state index in [0.717, 1.165) is 41.4 Å². The maximum atomic E-state index is 6.23. The molecule has 3 aromatic heterocycles. The van der Waals surface area contributed by atoms with E-state index in [1.165, 1.54) is 16.6 Å². The zero-order chi connectivity index (χ0) is 16.8. The number of fused-ring (bicyclic) bond motifs is 3. The van der Waals surface area contributed by atoms with Crippen LogP contribution >= 0.6 is 11.6 Å². The van der Waals surface area contributed by atoms with Crippen molar-refractivity contribution >= 4 is 22.5 Å². The lowest BCUT2D eigenvalue weighted by Gasteiger charge is -2.34. The lowest BCUT2D eigenvalue weighted by Crippen LogP contribution is -2.35. The minimum absolute atomic E-state index is 0.110. The monoisotopic (exact) mass is 352 g/mol. The van der Waals surface area contributed by atoms with Crippen LogP contribution in [0.5, 0.6) is 0 Å². The summed E-state index contributed by atoms with van der Waals surface area (Å²) in [5.41, 5.74) is 4.84. The van der Waals surface area contributed by atoms with E-state index < -0.39 is 0 Å². The van der Waals surface area contributed by atoms with Crippen LogP contribution in [-0.4, -0.2) is 16.4 Å².